The van der Waals surface area contributed by atoms with Crippen molar-refractivity contribution in [3.8, 4) is 5.75 Å². The van der Waals surface area contributed by atoms with Crippen LogP contribution in [0, 0.1) is 5.92 Å². The van der Waals surface area contributed by atoms with E-state index >= 15 is 0 Å². The fourth-order valence-corrected chi connectivity index (χ4v) is 2.54. The van der Waals surface area contributed by atoms with Crippen molar-refractivity contribution in [2.24, 2.45) is 5.92 Å². The average Bonchev–Trinajstić information content (AvgIpc) is 2.47. The molecule has 114 valence electrons. The minimum absolute atomic E-state index is 0.677. The maximum absolute atomic E-state index is 5.98. The smallest absolute Gasteiger partial charge is 0.119 e. The van der Waals surface area contributed by atoms with E-state index in [4.69, 9.17) is 4.74 Å². The molecular formula is C17H28BrNO. The molecule has 0 spiro atoms. The van der Waals surface area contributed by atoms with Crippen LogP contribution in [0.5, 0.6) is 5.75 Å². The molecule has 20 heavy (non-hydrogen) atoms. The van der Waals surface area contributed by atoms with Gasteiger partial charge in [0.1, 0.15) is 5.75 Å². The normalized spacial score (nSPS) is 12.4. The van der Waals surface area contributed by atoms with Gasteiger partial charge in [0.15, 0.2) is 0 Å². The first-order valence-corrected chi connectivity index (χ1v) is 8.62. The molecule has 3 heteroatoms. The van der Waals surface area contributed by atoms with Gasteiger partial charge in [0.2, 0.25) is 0 Å². The quantitative estimate of drug-likeness (QED) is 0.635. The highest BCUT2D eigenvalue weighted by molar-refractivity contribution is 9.10. The Morgan fingerprint density at radius 1 is 1.25 bits per heavy atom. The summed E-state index contributed by atoms with van der Waals surface area (Å²) in [5, 5.41) is 3.35. The number of ether oxygens (including phenoxy) is 1. The van der Waals surface area contributed by atoms with E-state index < -0.39 is 0 Å². The topological polar surface area (TPSA) is 21.3 Å². The highest BCUT2D eigenvalue weighted by atomic mass is 79.9. The van der Waals surface area contributed by atoms with Gasteiger partial charge in [0.25, 0.3) is 0 Å². The number of nitrogens with one attached hydrogen (secondary N) is 1. The summed E-state index contributed by atoms with van der Waals surface area (Å²) < 4.78 is 7.13. The molecule has 0 bridgehead atoms. The maximum atomic E-state index is 5.98. The van der Waals surface area contributed by atoms with Crippen LogP contribution in [0.3, 0.4) is 0 Å². The zero-order valence-electron chi connectivity index (χ0n) is 13.0. The van der Waals surface area contributed by atoms with Crippen LogP contribution in [0.1, 0.15) is 52.0 Å². The zero-order chi connectivity index (χ0) is 14.8. The van der Waals surface area contributed by atoms with Crippen LogP contribution in [0.15, 0.2) is 22.7 Å². The molecule has 0 aliphatic heterocycles. The highest BCUT2D eigenvalue weighted by Crippen LogP contribution is 2.24. The van der Waals surface area contributed by atoms with Gasteiger partial charge in [-0.1, -0.05) is 56.0 Å². The first-order valence-electron chi connectivity index (χ1n) is 7.83. The van der Waals surface area contributed by atoms with Crippen LogP contribution in [0.2, 0.25) is 0 Å². The Morgan fingerprint density at radius 2 is 2.05 bits per heavy atom. The van der Waals surface area contributed by atoms with E-state index in [-0.39, 0.29) is 0 Å². The van der Waals surface area contributed by atoms with Gasteiger partial charge in [0.05, 0.1) is 6.61 Å². The van der Waals surface area contributed by atoms with Gasteiger partial charge in [0, 0.05) is 11.0 Å². The van der Waals surface area contributed by atoms with Gasteiger partial charge in [-0.05, 0) is 42.6 Å². The molecule has 1 rings (SSSR count). The zero-order valence-corrected chi connectivity index (χ0v) is 14.6. The molecule has 0 amide bonds. The Kier molecular flexibility index (Phi) is 8.95. The summed E-state index contributed by atoms with van der Waals surface area (Å²) >= 11 is 3.59. The van der Waals surface area contributed by atoms with E-state index in [1.54, 1.807) is 0 Å². The fourth-order valence-electron chi connectivity index (χ4n) is 2.15. The lowest BCUT2D eigenvalue weighted by Gasteiger charge is -2.16. The number of halogens is 1. The third kappa shape index (κ3) is 6.27. The molecular weight excluding hydrogens is 314 g/mol. The largest absolute Gasteiger partial charge is 0.493 e. The Balaban J connectivity index is 2.54. The predicted molar refractivity (Wildman–Crippen MR) is 90.3 cm³/mol. The van der Waals surface area contributed by atoms with Crippen molar-refractivity contribution in [1.82, 2.24) is 5.32 Å². The Labute approximate surface area is 132 Å². The van der Waals surface area contributed by atoms with Crippen molar-refractivity contribution in [2.45, 2.75) is 53.0 Å². The van der Waals surface area contributed by atoms with E-state index in [0.717, 1.165) is 29.9 Å². The summed E-state index contributed by atoms with van der Waals surface area (Å²) in [5.74, 6) is 1.66. The van der Waals surface area contributed by atoms with Crippen molar-refractivity contribution in [3.05, 3.63) is 28.2 Å². The van der Waals surface area contributed by atoms with Crippen LogP contribution >= 0.6 is 15.9 Å². The number of benzene rings is 1. The third-order valence-corrected chi connectivity index (χ3v) is 4.39. The number of hydrogen-bond donors (Lipinski definition) is 1. The first kappa shape index (κ1) is 17.5. The summed E-state index contributed by atoms with van der Waals surface area (Å²) in [7, 11) is 0. The minimum Gasteiger partial charge on any atom is -0.493 e. The summed E-state index contributed by atoms with van der Waals surface area (Å²) in [6.45, 7) is 9.30. The average molecular weight is 342 g/mol. The Bertz CT molecular complexity index is 381. The van der Waals surface area contributed by atoms with Crippen LogP contribution in [0.4, 0.5) is 0 Å². The summed E-state index contributed by atoms with van der Waals surface area (Å²) in [4.78, 5) is 0. The monoisotopic (exact) mass is 341 g/mol. The van der Waals surface area contributed by atoms with Crippen molar-refractivity contribution in [2.75, 3.05) is 13.2 Å². The first-order chi connectivity index (χ1) is 9.71. The van der Waals surface area contributed by atoms with Crippen LogP contribution in [-0.4, -0.2) is 13.2 Å². The van der Waals surface area contributed by atoms with E-state index in [0.29, 0.717) is 5.92 Å². The predicted octanol–water partition coefficient (Wildman–Crippen LogP) is 5.15. The van der Waals surface area contributed by atoms with Gasteiger partial charge >= 0.3 is 0 Å². The van der Waals surface area contributed by atoms with Gasteiger partial charge < -0.3 is 10.1 Å². The molecule has 1 aromatic carbocycles. The molecule has 0 fully saturated rings. The van der Waals surface area contributed by atoms with Crippen LogP contribution in [-0.2, 0) is 6.54 Å². The maximum Gasteiger partial charge on any atom is 0.119 e. The standard InChI is InChI=1S/C17H28BrNO/c1-4-7-8-14(5-2)13-20-16-9-10-17(18)15(11-16)12-19-6-3/h9-11,14,19H,4-8,12-13H2,1-3H3. The fraction of sp³-hybridized carbons (Fsp3) is 0.647. The summed E-state index contributed by atoms with van der Waals surface area (Å²) in [6, 6.07) is 6.26. The molecule has 0 saturated heterocycles. The van der Waals surface area contributed by atoms with Gasteiger partial charge in [-0.25, -0.2) is 0 Å². The molecule has 0 aromatic heterocycles. The van der Waals surface area contributed by atoms with Crippen molar-refractivity contribution in [3.63, 3.8) is 0 Å². The van der Waals surface area contributed by atoms with Crippen LogP contribution < -0.4 is 10.1 Å². The molecule has 0 radical (unpaired) electrons. The molecule has 0 heterocycles. The van der Waals surface area contributed by atoms with E-state index in [1.165, 1.54) is 31.2 Å². The van der Waals surface area contributed by atoms with Crippen molar-refractivity contribution >= 4 is 15.9 Å². The van der Waals surface area contributed by atoms with E-state index in [1.807, 2.05) is 6.07 Å². The minimum atomic E-state index is 0.677. The number of hydrogen-bond acceptors (Lipinski definition) is 2. The lowest BCUT2D eigenvalue weighted by atomic mass is 10.0. The highest BCUT2D eigenvalue weighted by Gasteiger charge is 2.08. The second-order valence-corrected chi connectivity index (χ2v) is 6.12. The molecule has 0 saturated carbocycles. The number of rotatable bonds is 10. The lowest BCUT2D eigenvalue weighted by molar-refractivity contribution is 0.233. The summed E-state index contributed by atoms with van der Waals surface area (Å²) in [5.41, 5.74) is 1.26. The lowest BCUT2D eigenvalue weighted by Crippen LogP contribution is -2.13. The number of unbranched alkanes of at least 4 members (excludes halogenated alkanes) is 1. The summed E-state index contributed by atoms with van der Waals surface area (Å²) in [6.07, 6.45) is 5.03. The van der Waals surface area contributed by atoms with E-state index in [2.05, 4.69) is 54.2 Å². The Morgan fingerprint density at radius 3 is 2.70 bits per heavy atom. The van der Waals surface area contributed by atoms with Gasteiger partial charge in [-0.3, -0.25) is 0 Å². The van der Waals surface area contributed by atoms with E-state index in [9.17, 15) is 0 Å². The van der Waals surface area contributed by atoms with Crippen LogP contribution in [0.25, 0.3) is 0 Å². The molecule has 1 aromatic rings. The second kappa shape index (κ2) is 10.2. The SMILES string of the molecule is CCCCC(CC)COc1ccc(Br)c(CNCC)c1. The molecule has 2 nitrogen and oxygen atoms in total. The second-order valence-electron chi connectivity index (χ2n) is 5.26. The molecule has 1 N–H and O–H groups in total. The molecule has 1 atom stereocenters. The third-order valence-electron chi connectivity index (χ3n) is 3.61. The van der Waals surface area contributed by atoms with Gasteiger partial charge in [-0.2, -0.15) is 0 Å². The van der Waals surface area contributed by atoms with Crippen molar-refractivity contribution in [1.29, 1.82) is 0 Å². The van der Waals surface area contributed by atoms with Gasteiger partial charge in [-0.15, -0.1) is 0 Å². The van der Waals surface area contributed by atoms with Crippen molar-refractivity contribution < 1.29 is 4.74 Å². The molecule has 1 unspecified atom stereocenters. The molecule has 0 aliphatic rings. The molecule has 0 aliphatic carbocycles. The Hall–Kier alpha value is -0.540.